The van der Waals surface area contributed by atoms with Crippen molar-refractivity contribution >= 4 is 33.2 Å². The lowest BCUT2D eigenvalue weighted by molar-refractivity contribution is -0.0315. The fraction of sp³-hybridized carbons (Fsp3) is 0.634. The normalized spacial score (nSPS) is 32.8. The van der Waals surface area contributed by atoms with Gasteiger partial charge in [-0.2, -0.15) is 0 Å². The summed E-state index contributed by atoms with van der Waals surface area (Å²) in [6.45, 7) is 8.96. The molecule has 8 rings (SSSR count). The minimum absolute atomic E-state index is 0.0568. The minimum atomic E-state index is -3.94. The van der Waals surface area contributed by atoms with E-state index in [1.807, 2.05) is 25.1 Å². The second kappa shape index (κ2) is 15.2. The topological polar surface area (TPSA) is 97.4 Å². The summed E-state index contributed by atoms with van der Waals surface area (Å²) in [5.74, 6) is 1.12. The molecule has 6 aliphatic rings. The molecule has 3 aliphatic carbocycles. The molecule has 3 aliphatic heterocycles. The van der Waals surface area contributed by atoms with Crippen LogP contribution in [0.5, 0.6) is 5.75 Å². The molecule has 2 aromatic carbocycles. The Labute approximate surface area is 314 Å². The van der Waals surface area contributed by atoms with E-state index >= 15 is 0 Å². The Hall–Kier alpha value is -2.63. The molecule has 6 atom stereocenters. The lowest BCUT2D eigenvalue weighted by atomic mass is 9.68. The van der Waals surface area contributed by atoms with Gasteiger partial charge in [0.2, 0.25) is 10.0 Å². The van der Waals surface area contributed by atoms with Crippen molar-refractivity contribution in [3.05, 3.63) is 70.3 Å². The highest BCUT2D eigenvalue weighted by molar-refractivity contribution is 7.90. The number of amides is 1. The Bertz CT molecular complexity index is 1760. The van der Waals surface area contributed by atoms with Crippen molar-refractivity contribution in [3.8, 4) is 5.75 Å². The first-order valence-electron chi connectivity index (χ1n) is 19.6. The van der Waals surface area contributed by atoms with E-state index in [9.17, 15) is 13.2 Å². The Kier molecular flexibility index (Phi) is 10.7. The number of hydrogen-bond acceptors (Lipinski definition) is 8. The largest absolute Gasteiger partial charge is 0.490 e. The number of halogens is 1. The van der Waals surface area contributed by atoms with E-state index in [1.54, 1.807) is 6.07 Å². The molecular weight excluding hydrogens is 698 g/mol. The van der Waals surface area contributed by atoms with Gasteiger partial charge in [0.05, 0.1) is 43.5 Å². The molecule has 52 heavy (non-hydrogen) atoms. The SMILES string of the molecule is C[C@@H]1C/C=C\[C@H](OCCN2CCOCC2)[C@@H]2CC[C@H]2CN2C[C@@]3(CCCc4cc(Cl)ccc43)COc3ccc(cc32)C(=O)NS(=O)(=O)[C@@H]1CC1CC1. The summed E-state index contributed by atoms with van der Waals surface area (Å²) in [6, 6.07) is 11.7. The van der Waals surface area contributed by atoms with E-state index < -0.39 is 21.2 Å². The van der Waals surface area contributed by atoms with Crippen LogP contribution in [0.15, 0.2) is 48.6 Å². The highest BCUT2D eigenvalue weighted by Crippen LogP contribution is 2.47. The summed E-state index contributed by atoms with van der Waals surface area (Å²) in [5.41, 5.74) is 3.51. The summed E-state index contributed by atoms with van der Waals surface area (Å²) in [4.78, 5) is 18.7. The van der Waals surface area contributed by atoms with Gasteiger partial charge in [-0.3, -0.25) is 9.69 Å². The van der Waals surface area contributed by atoms with Crippen LogP contribution in [0.3, 0.4) is 0 Å². The minimum Gasteiger partial charge on any atom is -0.490 e. The Morgan fingerprint density at radius 1 is 1.08 bits per heavy atom. The van der Waals surface area contributed by atoms with Gasteiger partial charge in [0, 0.05) is 48.7 Å². The van der Waals surface area contributed by atoms with E-state index in [4.69, 9.17) is 25.8 Å². The van der Waals surface area contributed by atoms with Crippen molar-refractivity contribution in [1.29, 1.82) is 0 Å². The predicted molar refractivity (Wildman–Crippen MR) is 204 cm³/mol. The van der Waals surface area contributed by atoms with Gasteiger partial charge >= 0.3 is 0 Å². The number of morpholine rings is 1. The summed E-state index contributed by atoms with van der Waals surface area (Å²) in [7, 11) is -3.94. The molecule has 282 valence electrons. The van der Waals surface area contributed by atoms with Crippen molar-refractivity contribution in [1.82, 2.24) is 9.62 Å². The first kappa shape index (κ1) is 36.4. The molecule has 1 saturated heterocycles. The molecule has 2 saturated carbocycles. The third-order valence-electron chi connectivity index (χ3n) is 12.8. The zero-order valence-corrected chi connectivity index (χ0v) is 32.0. The lowest BCUT2D eigenvalue weighted by Crippen LogP contribution is -2.50. The fourth-order valence-corrected chi connectivity index (χ4v) is 11.4. The standard InChI is InChI=1S/C41H54ClN3O6S/c1-28-4-2-6-37(50-21-18-44-16-19-49-20-17-44)34-12-9-32(34)25-45-26-41(15-3-5-30-23-33(42)11-13-35(30)41)27-51-38-14-10-31(24-36(38)45)40(46)43-52(47,48)39(28)22-29-7-8-29/h2,6,10-11,13-14,23-24,28-29,32,34,37,39H,3-5,7-9,12,15-22,25-27H2,1H3,(H,43,46)/b6-2-/t28-,32+,34-,37+,39-,41+/m1/s1. The molecule has 2 aromatic rings. The number of hydrogen-bond donors (Lipinski definition) is 1. The summed E-state index contributed by atoms with van der Waals surface area (Å²) in [6.07, 6.45) is 12.8. The van der Waals surface area contributed by atoms with Crippen LogP contribution < -0.4 is 14.4 Å². The molecule has 2 bridgehead atoms. The summed E-state index contributed by atoms with van der Waals surface area (Å²) < 4.78 is 49.5. The van der Waals surface area contributed by atoms with E-state index in [1.165, 1.54) is 11.1 Å². The fourth-order valence-electron chi connectivity index (χ4n) is 9.45. The van der Waals surface area contributed by atoms with Crippen LogP contribution in [0.2, 0.25) is 5.02 Å². The van der Waals surface area contributed by atoms with Gasteiger partial charge in [0.1, 0.15) is 5.75 Å². The molecule has 0 unspecified atom stereocenters. The molecule has 0 radical (unpaired) electrons. The molecule has 11 heteroatoms. The number of rotatable bonds is 6. The van der Waals surface area contributed by atoms with Crippen LogP contribution >= 0.6 is 11.6 Å². The third-order valence-corrected chi connectivity index (χ3v) is 15.0. The van der Waals surface area contributed by atoms with E-state index in [0.717, 1.165) is 107 Å². The Morgan fingerprint density at radius 2 is 1.92 bits per heavy atom. The number of anilines is 1. The molecule has 9 nitrogen and oxygen atoms in total. The number of carbonyl (C=O) groups excluding carboxylic acids is 1. The van der Waals surface area contributed by atoms with E-state index in [0.29, 0.717) is 49.4 Å². The molecule has 1 spiro atoms. The highest BCUT2D eigenvalue weighted by Gasteiger charge is 2.45. The molecule has 3 heterocycles. The highest BCUT2D eigenvalue weighted by atomic mass is 35.5. The number of benzene rings is 2. The smallest absolute Gasteiger partial charge is 0.264 e. The maximum Gasteiger partial charge on any atom is 0.264 e. The van der Waals surface area contributed by atoms with Gasteiger partial charge in [-0.15, -0.1) is 0 Å². The summed E-state index contributed by atoms with van der Waals surface area (Å²) >= 11 is 6.49. The van der Waals surface area contributed by atoms with Crippen molar-refractivity contribution in [2.45, 2.75) is 81.5 Å². The van der Waals surface area contributed by atoms with Gasteiger partial charge in [-0.1, -0.05) is 49.6 Å². The number of nitrogens with zero attached hydrogens (tertiary/aromatic N) is 2. The number of nitrogens with one attached hydrogen (secondary N) is 1. The maximum absolute atomic E-state index is 14.0. The molecule has 3 fully saturated rings. The molecule has 1 amide bonds. The second-order valence-electron chi connectivity index (χ2n) is 16.4. The van der Waals surface area contributed by atoms with Gasteiger partial charge in [0.15, 0.2) is 0 Å². The van der Waals surface area contributed by atoms with Gasteiger partial charge < -0.3 is 19.1 Å². The zero-order chi connectivity index (χ0) is 35.9. The van der Waals surface area contributed by atoms with Crippen molar-refractivity contribution in [2.75, 3.05) is 64.1 Å². The van der Waals surface area contributed by atoms with Gasteiger partial charge in [-0.05, 0) is 110 Å². The van der Waals surface area contributed by atoms with Crippen LogP contribution in [0.25, 0.3) is 0 Å². The van der Waals surface area contributed by atoms with Crippen molar-refractivity contribution in [2.24, 2.45) is 23.7 Å². The number of sulfonamides is 1. The van der Waals surface area contributed by atoms with Crippen LogP contribution in [0.4, 0.5) is 5.69 Å². The third kappa shape index (κ3) is 7.79. The average molecular weight is 752 g/mol. The zero-order valence-electron chi connectivity index (χ0n) is 30.4. The van der Waals surface area contributed by atoms with E-state index in [2.05, 4.69) is 38.8 Å². The van der Waals surface area contributed by atoms with Crippen LogP contribution in [0, 0.1) is 23.7 Å². The van der Waals surface area contributed by atoms with Crippen molar-refractivity contribution < 1.29 is 27.4 Å². The Balaban J connectivity index is 1.14. The van der Waals surface area contributed by atoms with Crippen LogP contribution in [-0.4, -0.2) is 89.7 Å². The molecule has 1 N–H and O–H groups in total. The van der Waals surface area contributed by atoms with Crippen LogP contribution in [-0.2, 0) is 31.3 Å². The van der Waals surface area contributed by atoms with Gasteiger partial charge in [-0.25, -0.2) is 13.1 Å². The monoisotopic (exact) mass is 751 g/mol. The predicted octanol–water partition coefficient (Wildman–Crippen LogP) is 6.38. The first-order valence-corrected chi connectivity index (χ1v) is 21.5. The number of carbonyl (C=O) groups is 1. The van der Waals surface area contributed by atoms with Gasteiger partial charge in [0.25, 0.3) is 5.91 Å². The van der Waals surface area contributed by atoms with Crippen LogP contribution in [0.1, 0.15) is 79.8 Å². The second-order valence-corrected chi connectivity index (χ2v) is 18.7. The first-order chi connectivity index (χ1) is 25.2. The quantitative estimate of drug-likeness (QED) is 0.340. The number of aryl methyl sites for hydroxylation is 1. The average Bonchev–Trinajstić information content (AvgIpc) is 3.96. The Morgan fingerprint density at radius 3 is 2.71 bits per heavy atom. The number of ether oxygens (including phenoxy) is 3. The summed E-state index contributed by atoms with van der Waals surface area (Å²) in [5, 5.41) is 0.0991. The van der Waals surface area contributed by atoms with Crippen molar-refractivity contribution in [3.63, 3.8) is 0 Å². The number of fused-ring (bicyclic) bond motifs is 4. The number of allylic oxidation sites excluding steroid dienone is 1. The van der Waals surface area contributed by atoms with E-state index in [-0.39, 0.29) is 17.4 Å². The molecular formula is C41H54ClN3O6S. The lowest BCUT2D eigenvalue weighted by Gasteiger charge is -2.46. The maximum atomic E-state index is 14.0. The molecule has 0 aromatic heterocycles.